The van der Waals surface area contributed by atoms with Crippen molar-refractivity contribution in [2.24, 2.45) is 7.05 Å². The number of benzene rings is 1. The molecule has 2 aromatic rings. The minimum atomic E-state index is -0.589. The van der Waals surface area contributed by atoms with E-state index < -0.39 is 11.6 Å². The van der Waals surface area contributed by atoms with Crippen molar-refractivity contribution in [2.45, 2.75) is 20.4 Å². The van der Waals surface area contributed by atoms with Crippen molar-refractivity contribution in [3.8, 4) is 0 Å². The maximum absolute atomic E-state index is 13.4. The highest BCUT2D eigenvalue weighted by molar-refractivity contribution is 5.45. The number of hydrogen-bond donors (Lipinski definition) is 1. The molecule has 0 radical (unpaired) electrons. The van der Waals surface area contributed by atoms with E-state index >= 15 is 0 Å². The molecule has 0 saturated carbocycles. The summed E-state index contributed by atoms with van der Waals surface area (Å²) in [5.41, 5.74) is 3.26. The summed E-state index contributed by atoms with van der Waals surface area (Å²) in [5, 5.41) is 7.24. The number of rotatable bonds is 3. The normalized spacial score (nSPS) is 10.7. The summed E-state index contributed by atoms with van der Waals surface area (Å²) in [7, 11) is 1.87. The molecule has 5 heteroatoms. The Morgan fingerprint density at radius 3 is 2.56 bits per heavy atom. The van der Waals surface area contributed by atoms with Gasteiger partial charge < -0.3 is 5.32 Å². The van der Waals surface area contributed by atoms with E-state index in [1.165, 1.54) is 12.1 Å². The van der Waals surface area contributed by atoms with Gasteiger partial charge in [-0.05, 0) is 26.0 Å². The van der Waals surface area contributed by atoms with Crippen molar-refractivity contribution in [3.05, 3.63) is 46.8 Å². The fraction of sp³-hybridized carbons (Fsp3) is 0.308. The number of halogens is 2. The van der Waals surface area contributed by atoms with E-state index in [4.69, 9.17) is 0 Å². The molecule has 1 aromatic heterocycles. The van der Waals surface area contributed by atoms with Gasteiger partial charge in [0, 0.05) is 30.9 Å². The lowest BCUT2D eigenvalue weighted by Crippen LogP contribution is -2.04. The standard InChI is InChI=1S/C13H15F2N3/c1-8-11(9(2)18(3)17-8)7-16-13-5-4-10(14)6-12(13)15/h4-6,16H,7H2,1-3H3. The average Bonchev–Trinajstić information content (AvgIpc) is 2.53. The molecule has 0 aliphatic carbocycles. The first kappa shape index (κ1) is 12.5. The Kier molecular flexibility index (Phi) is 3.32. The largest absolute Gasteiger partial charge is 0.378 e. The predicted octanol–water partition coefficient (Wildman–Crippen LogP) is 2.93. The number of nitrogens with zero attached hydrogens (tertiary/aromatic N) is 2. The van der Waals surface area contributed by atoms with Crippen molar-refractivity contribution in [3.63, 3.8) is 0 Å². The minimum absolute atomic E-state index is 0.291. The molecule has 0 amide bonds. The molecule has 0 aliphatic heterocycles. The lowest BCUT2D eigenvalue weighted by atomic mass is 10.2. The summed E-state index contributed by atoms with van der Waals surface area (Å²) in [5.74, 6) is -1.17. The third-order valence-corrected chi connectivity index (χ3v) is 3.05. The molecule has 1 N–H and O–H groups in total. The molecule has 1 heterocycles. The smallest absolute Gasteiger partial charge is 0.149 e. The lowest BCUT2D eigenvalue weighted by molar-refractivity contribution is 0.585. The van der Waals surface area contributed by atoms with E-state index in [9.17, 15) is 8.78 Å². The van der Waals surface area contributed by atoms with Crippen LogP contribution < -0.4 is 5.32 Å². The molecule has 96 valence electrons. The second kappa shape index (κ2) is 4.76. The highest BCUT2D eigenvalue weighted by atomic mass is 19.1. The maximum atomic E-state index is 13.4. The predicted molar refractivity (Wildman–Crippen MR) is 66.4 cm³/mol. The summed E-state index contributed by atoms with van der Waals surface area (Å²) in [6.07, 6.45) is 0. The van der Waals surface area contributed by atoms with Crippen LogP contribution in [0.2, 0.25) is 0 Å². The van der Waals surface area contributed by atoms with E-state index in [1.54, 1.807) is 4.68 Å². The Morgan fingerprint density at radius 2 is 2.00 bits per heavy atom. The maximum Gasteiger partial charge on any atom is 0.149 e. The van der Waals surface area contributed by atoms with Crippen LogP contribution >= 0.6 is 0 Å². The first-order chi connectivity index (χ1) is 8.49. The first-order valence-electron chi connectivity index (χ1n) is 5.67. The fourth-order valence-electron chi connectivity index (χ4n) is 1.89. The van der Waals surface area contributed by atoms with Gasteiger partial charge in [0.15, 0.2) is 0 Å². The minimum Gasteiger partial charge on any atom is -0.378 e. The molecule has 0 bridgehead atoms. The Morgan fingerprint density at radius 1 is 1.28 bits per heavy atom. The summed E-state index contributed by atoms with van der Waals surface area (Å²) in [4.78, 5) is 0. The van der Waals surface area contributed by atoms with E-state index in [2.05, 4.69) is 10.4 Å². The number of hydrogen-bond acceptors (Lipinski definition) is 2. The van der Waals surface area contributed by atoms with E-state index in [0.29, 0.717) is 12.2 Å². The fourth-order valence-corrected chi connectivity index (χ4v) is 1.89. The van der Waals surface area contributed by atoms with Crippen molar-refractivity contribution in [1.82, 2.24) is 9.78 Å². The molecule has 2 rings (SSSR count). The molecule has 18 heavy (non-hydrogen) atoms. The van der Waals surface area contributed by atoms with Crippen LogP contribution in [-0.2, 0) is 13.6 Å². The van der Waals surface area contributed by atoms with E-state index in [-0.39, 0.29) is 0 Å². The van der Waals surface area contributed by atoms with Crippen LogP contribution in [0.3, 0.4) is 0 Å². The summed E-state index contributed by atoms with van der Waals surface area (Å²) in [6.45, 7) is 4.33. The van der Waals surface area contributed by atoms with Crippen LogP contribution in [-0.4, -0.2) is 9.78 Å². The summed E-state index contributed by atoms with van der Waals surface area (Å²) < 4.78 is 28.0. The molecule has 3 nitrogen and oxygen atoms in total. The van der Waals surface area contributed by atoms with Crippen LogP contribution in [0.5, 0.6) is 0 Å². The van der Waals surface area contributed by atoms with Gasteiger partial charge in [-0.3, -0.25) is 4.68 Å². The number of anilines is 1. The number of nitrogens with one attached hydrogen (secondary N) is 1. The van der Waals surface area contributed by atoms with Crippen molar-refractivity contribution in [2.75, 3.05) is 5.32 Å². The van der Waals surface area contributed by atoms with Crippen molar-refractivity contribution < 1.29 is 8.78 Å². The monoisotopic (exact) mass is 251 g/mol. The molecule has 0 atom stereocenters. The van der Waals surface area contributed by atoms with Crippen molar-refractivity contribution >= 4 is 5.69 Å². The molecular formula is C13H15F2N3. The van der Waals surface area contributed by atoms with Gasteiger partial charge in [0.05, 0.1) is 11.4 Å². The summed E-state index contributed by atoms with van der Waals surface area (Å²) >= 11 is 0. The zero-order valence-electron chi connectivity index (χ0n) is 10.6. The number of aryl methyl sites for hydroxylation is 2. The Balaban J connectivity index is 2.16. The lowest BCUT2D eigenvalue weighted by Gasteiger charge is -2.08. The highest BCUT2D eigenvalue weighted by Crippen LogP contribution is 2.18. The summed E-state index contributed by atoms with van der Waals surface area (Å²) in [6, 6.07) is 3.49. The third-order valence-electron chi connectivity index (χ3n) is 3.05. The van der Waals surface area contributed by atoms with Gasteiger partial charge >= 0.3 is 0 Å². The average molecular weight is 251 g/mol. The number of aromatic nitrogens is 2. The van der Waals surface area contributed by atoms with Crippen LogP contribution in [0.15, 0.2) is 18.2 Å². The molecule has 1 aromatic carbocycles. The second-order valence-corrected chi connectivity index (χ2v) is 4.25. The van der Waals surface area contributed by atoms with Crippen LogP contribution in [0.4, 0.5) is 14.5 Å². The van der Waals surface area contributed by atoms with Crippen molar-refractivity contribution in [1.29, 1.82) is 0 Å². The topological polar surface area (TPSA) is 29.9 Å². The van der Waals surface area contributed by atoms with Gasteiger partial charge in [0.25, 0.3) is 0 Å². The molecule has 0 spiro atoms. The second-order valence-electron chi connectivity index (χ2n) is 4.25. The molecule has 0 saturated heterocycles. The Bertz CT molecular complexity index is 576. The first-order valence-corrected chi connectivity index (χ1v) is 5.67. The zero-order chi connectivity index (χ0) is 13.3. The van der Waals surface area contributed by atoms with Gasteiger partial charge in [-0.15, -0.1) is 0 Å². The van der Waals surface area contributed by atoms with Gasteiger partial charge in [0.2, 0.25) is 0 Å². The van der Waals surface area contributed by atoms with Crippen LogP contribution in [0.1, 0.15) is 17.0 Å². The zero-order valence-corrected chi connectivity index (χ0v) is 10.6. The SMILES string of the molecule is Cc1nn(C)c(C)c1CNc1ccc(F)cc1F. The van der Waals surface area contributed by atoms with Crippen LogP contribution in [0.25, 0.3) is 0 Å². The molecular weight excluding hydrogens is 236 g/mol. The quantitative estimate of drug-likeness (QED) is 0.909. The van der Waals surface area contributed by atoms with E-state index in [0.717, 1.165) is 23.0 Å². The van der Waals surface area contributed by atoms with E-state index in [1.807, 2.05) is 20.9 Å². The Labute approximate surface area is 104 Å². The molecule has 0 aliphatic rings. The van der Waals surface area contributed by atoms with Crippen LogP contribution in [0, 0.1) is 25.5 Å². The highest BCUT2D eigenvalue weighted by Gasteiger charge is 2.10. The third kappa shape index (κ3) is 2.34. The molecule has 0 unspecified atom stereocenters. The van der Waals surface area contributed by atoms with Gasteiger partial charge in [-0.1, -0.05) is 0 Å². The van der Waals surface area contributed by atoms with Gasteiger partial charge in [0.1, 0.15) is 11.6 Å². The molecule has 0 fully saturated rings. The van der Waals surface area contributed by atoms with Gasteiger partial charge in [-0.2, -0.15) is 5.10 Å². The van der Waals surface area contributed by atoms with Gasteiger partial charge in [-0.25, -0.2) is 8.78 Å². The Hall–Kier alpha value is -1.91.